The molecule has 4 radical (unpaired) electrons. The Balaban J connectivity index is 1.82. The molecule has 0 fully saturated rings. The van der Waals surface area contributed by atoms with Gasteiger partial charge < -0.3 is 9.47 Å². The van der Waals surface area contributed by atoms with Crippen molar-refractivity contribution >= 4 is 15.7 Å². The molecule has 5 heteroatoms. The Morgan fingerprint density at radius 2 is 1.06 bits per heavy atom. The zero-order valence-corrected chi connectivity index (χ0v) is 21.1. The van der Waals surface area contributed by atoms with E-state index in [0.717, 1.165) is 48.3 Å². The summed E-state index contributed by atoms with van der Waals surface area (Å²) in [4.78, 5) is 0. The van der Waals surface area contributed by atoms with Crippen LogP contribution in [0.2, 0.25) is 12.6 Å². The van der Waals surface area contributed by atoms with Crippen molar-refractivity contribution in [2.24, 2.45) is 0 Å². The highest BCUT2D eigenvalue weighted by Crippen LogP contribution is 2.52. The molecule has 2 bridgehead atoms. The Hall–Kier alpha value is -1.87. The van der Waals surface area contributed by atoms with Crippen LogP contribution in [0.15, 0.2) is 24.3 Å². The van der Waals surface area contributed by atoms with Gasteiger partial charge in [0, 0.05) is 0 Å². The fourth-order valence-corrected chi connectivity index (χ4v) is 4.54. The van der Waals surface area contributed by atoms with E-state index >= 15 is 0 Å². The normalized spacial score (nSPS) is 19.3. The van der Waals surface area contributed by atoms with E-state index in [1.165, 1.54) is 22.3 Å². The SMILES string of the molecule is [B]CCCc1cc(C(C)(C)C)cc2c1OC1OC2Oc2c(CCC[B])cc(C(C)(C)C)cc21. The molecule has 0 aromatic heterocycles. The van der Waals surface area contributed by atoms with E-state index in [0.29, 0.717) is 12.6 Å². The minimum absolute atomic E-state index is 0.00378. The summed E-state index contributed by atoms with van der Waals surface area (Å²) in [7, 11) is 11.7. The third-order valence-electron chi connectivity index (χ3n) is 6.63. The Kier molecular flexibility index (Phi) is 6.66. The lowest BCUT2D eigenvalue weighted by atomic mass is 9.82. The Labute approximate surface area is 202 Å². The molecule has 0 N–H and O–H groups in total. The van der Waals surface area contributed by atoms with Crippen molar-refractivity contribution < 1.29 is 14.2 Å². The molecule has 2 aliphatic heterocycles. The number of rotatable bonds is 6. The summed E-state index contributed by atoms with van der Waals surface area (Å²) < 4.78 is 19.5. The van der Waals surface area contributed by atoms with E-state index in [-0.39, 0.29) is 10.8 Å². The monoisotopic (exact) mass is 442 g/mol. The maximum absolute atomic E-state index is 6.58. The predicted octanol–water partition coefficient (Wildman–Crippen LogP) is 6.82. The van der Waals surface area contributed by atoms with Crippen molar-refractivity contribution in [1.82, 2.24) is 0 Å². The topological polar surface area (TPSA) is 27.7 Å². The van der Waals surface area contributed by atoms with Crippen LogP contribution in [0.1, 0.15) is 100 Å². The molecule has 2 aromatic rings. The van der Waals surface area contributed by atoms with Gasteiger partial charge in [0.1, 0.15) is 11.5 Å². The molecule has 2 atom stereocenters. The minimum atomic E-state index is -0.484. The second-order valence-electron chi connectivity index (χ2n) is 11.4. The van der Waals surface area contributed by atoms with Crippen molar-refractivity contribution in [2.45, 2.75) is 103 Å². The molecule has 0 saturated carbocycles. The highest BCUT2D eigenvalue weighted by molar-refractivity contribution is 6.08. The van der Waals surface area contributed by atoms with Crippen molar-refractivity contribution in [2.75, 3.05) is 0 Å². The van der Waals surface area contributed by atoms with Gasteiger partial charge in [-0.25, -0.2) is 0 Å². The van der Waals surface area contributed by atoms with Gasteiger partial charge in [-0.1, -0.05) is 79.2 Å². The van der Waals surface area contributed by atoms with Gasteiger partial charge >= 0.3 is 0 Å². The smallest absolute Gasteiger partial charge is 0.233 e. The van der Waals surface area contributed by atoms with Crippen LogP contribution in [0.5, 0.6) is 11.5 Å². The van der Waals surface area contributed by atoms with Crippen LogP contribution in [0.3, 0.4) is 0 Å². The molecular weight excluding hydrogens is 406 g/mol. The number of fused-ring (bicyclic) bond motifs is 6. The summed E-state index contributed by atoms with van der Waals surface area (Å²) in [6.07, 6.45) is 3.90. The van der Waals surface area contributed by atoms with Crippen LogP contribution in [0, 0.1) is 0 Å². The molecule has 0 aliphatic carbocycles. The average molecular weight is 442 g/mol. The van der Waals surface area contributed by atoms with E-state index in [9.17, 15) is 0 Å². The largest absolute Gasteiger partial charge is 0.459 e. The molecule has 0 spiro atoms. The van der Waals surface area contributed by atoms with Gasteiger partial charge in [0.15, 0.2) is 0 Å². The van der Waals surface area contributed by atoms with Crippen molar-refractivity contribution in [3.8, 4) is 11.5 Å². The lowest BCUT2D eigenvalue weighted by molar-refractivity contribution is -0.228. The summed E-state index contributed by atoms with van der Waals surface area (Å²) in [5.41, 5.74) is 6.82. The summed E-state index contributed by atoms with van der Waals surface area (Å²) in [5.74, 6) is 1.79. The van der Waals surface area contributed by atoms with E-state index in [1.54, 1.807) is 0 Å². The Morgan fingerprint density at radius 1 is 0.667 bits per heavy atom. The van der Waals surface area contributed by atoms with Gasteiger partial charge in [0.25, 0.3) is 0 Å². The second kappa shape index (κ2) is 9.06. The summed E-state index contributed by atoms with van der Waals surface area (Å²) >= 11 is 0. The van der Waals surface area contributed by atoms with E-state index in [4.69, 9.17) is 29.9 Å². The van der Waals surface area contributed by atoms with Crippen molar-refractivity contribution in [3.05, 3.63) is 57.6 Å². The number of hydrogen-bond acceptors (Lipinski definition) is 3. The molecule has 33 heavy (non-hydrogen) atoms. The molecule has 3 nitrogen and oxygen atoms in total. The van der Waals surface area contributed by atoms with Gasteiger partial charge in [0.2, 0.25) is 12.6 Å². The quantitative estimate of drug-likeness (QED) is 0.460. The first-order valence-corrected chi connectivity index (χ1v) is 12.3. The van der Waals surface area contributed by atoms with E-state index in [2.05, 4.69) is 65.8 Å². The molecule has 4 rings (SSSR count). The maximum atomic E-state index is 6.58. The lowest BCUT2D eigenvalue weighted by Crippen LogP contribution is -2.32. The highest BCUT2D eigenvalue weighted by atomic mass is 16.8. The molecule has 0 saturated heterocycles. The molecule has 172 valence electrons. The predicted molar refractivity (Wildman–Crippen MR) is 136 cm³/mol. The van der Waals surface area contributed by atoms with Gasteiger partial charge in [-0.3, -0.25) is 4.74 Å². The van der Waals surface area contributed by atoms with Crippen molar-refractivity contribution in [3.63, 3.8) is 0 Å². The summed E-state index contributed by atoms with van der Waals surface area (Å²) in [6.45, 7) is 13.4. The van der Waals surface area contributed by atoms with Crippen LogP contribution in [-0.4, -0.2) is 15.7 Å². The van der Waals surface area contributed by atoms with Crippen LogP contribution in [0.4, 0.5) is 0 Å². The number of benzene rings is 2. The Morgan fingerprint density at radius 3 is 1.39 bits per heavy atom. The Bertz CT molecular complexity index is 936. The van der Waals surface area contributed by atoms with Gasteiger partial charge in [-0.05, 0) is 58.1 Å². The summed E-state index contributed by atoms with van der Waals surface area (Å²) in [6, 6.07) is 8.93. The molecule has 2 heterocycles. The molecule has 2 unspecified atom stereocenters. The van der Waals surface area contributed by atoms with E-state index < -0.39 is 12.6 Å². The molecule has 0 amide bonds. The van der Waals surface area contributed by atoms with Crippen LogP contribution in [0.25, 0.3) is 0 Å². The zero-order valence-electron chi connectivity index (χ0n) is 21.1. The van der Waals surface area contributed by atoms with Crippen molar-refractivity contribution in [1.29, 1.82) is 0 Å². The van der Waals surface area contributed by atoms with Gasteiger partial charge in [-0.2, -0.15) is 0 Å². The van der Waals surface area contributed by atoms with Crippen LogP contribution < -0.4 is 9.47 Å². The first-order chi connectivity index (χ1) is 15.5. The third kappa shape index (κ3) is 4.85. The molecule has 2 aromatic carbocycles. The standard InChI is InChI=1S/C28H36B2O3/c1-27(2,3)19-13-17(9-7-11-29)23-21(15-19)25-32-24-18(10-8-12-30)14-20(28(4,5)6)16-22(24)26(31-23)33-25/h13-16,25-26H,7-12H2,1-6H3. The van der Waals surface area contributed by atoms with Crippen LogP contribution in [-0.2, 0) is 28.4 Å². The van der Waals surface area contributed by atoms with Gasteiger partial charge in [0.05, 0.1) is 26.8 Å². The van der Waals surface area contributed by atoms with E-state index in [1.807, 2.05) is 0 Å². The highest BCUT2D eigenvalue weighted by Gasteiger charge is 2.41. The number of hydrogen-bond donors (Lipinski definition) is 0. The average Bonchev–Trinajstić information content (AvgIpc) is 2.74. The summed E-state index contributed by atoms with van der Waals surface area (Å²) in [5, 5.41) is 0. The molecule has 2 aliphatic rings. The van der Waals surface area contributed by atoms with Crippen LogP contribution >= 0.6 is 0 Å². The first-order valence-electron chi connectivity index (χ1n) is 12.3. The fourth-order valence-electron chi connectivity index (χ4n) is 4.54. The second-order valence-corrected chi connectivity index (χ2v) is 11.4. The number of ether oxygens (including phenoxy) is 3. The zero-order chi connectivity index (χ0) is 24.0. The minimum Gasteiger partial charge on any atom is -0.459 e. The maximum Gasteiger partial charge on any atom is 0.233 e. The fraction of sp³-hybridized carbons (Fsp3) is 0.571. The first kappa shape index (κ1) is 24.3. The number of aryl methyl sites for hydroxylation is 2. The lowest BCUT2D eigenvalue weighted by Gasteiger charge is -2.41. The third-order valence-corrected chi connectivity index (χ3v) is 6.63. The molecular formula is C28H36B2O3. The van der Waals surface area contributed by atoms with Gasteiger partial charge in [-0.15, -0.1) is 0 Å².